The summed E-state index contributed by atoms with van der Waals surface area (Å²) in [7, 11) is -3.89. The first-order valence-corrected chi connectivity index (χ1v) is 9.99. The first kappa shape index (κ1) is 19.6. The SMILES string of the molecule is Cc1cc(C)cc(NC(=O)c2cccc(NS(=O)(=O)c3ccc(F)cc3)c2)c1. The van der Waals surface area contributed by atoms with Crippen LogP contribution < -0.4 is 10.0 Å². The molecule has 5 nitrogen and oxygen atoms in total. The number of carbonyl (C=O) groups is 1. The summed E-state index contributed by atoms with van der Waals surface area (Å²) in [4.78, 5) is 12.5. The average molecular weight is 398 g/mol. The Labute approximate surface area is 163 Å². The second-order valence-corrected chi connectivity index (χ2v) is 8.15. The second-order valence-electron chi connectivity index (χ2n) is 6.47. The van der Waals surface area contributed by atoms with E-state index in [-0.39, 0.29) is 16.5 Å². The zero-order valence-corrected chi connectivity index (χ0v) is 16.2. The molecule has 0 aliphatic carbocycles. The van der Waals surface area contributed by atoms with E-state index in [9.17, 15) is 17.6 Å². The van der Waals surface area contributed by atoms with E-state index >= 15 is 0 Å². The lowest BCUT2D eigenvalue weighted by atomic mass is 10.1. The number of aryl methyl sites for hydroxylation is 2. The summed E-state index contributed by atoms with van der Waals surface area (Å²) in [5, 5.41) is 2.81. The smallest absolute Gasteiger partial charge is 0.261 e. The van der Waals surface area contributed by atoms with Crippen molar-refractivity contribution in [3.05, 3.63) is 89.2 Å². The highest BCUT2D eigenvalue weighted by atomic mass is 32.2. The van der Waals surface area contributed by atoms with Crippen LogP contribution in [0.2, 0.25) is 0 Å². The largest absolute Gasteiger partial charge is 0.322 e. The molecule has 3 rings (SSSR count). The molecule has 1 amide bonds. The molecule has 0 saturated heterocycles. The Balaban J connectivity index is 1.79. The first-order chi connectivity index (χ1) is 13.2. The summed E-state index contributed by atoms with van der Waals surface area (Å²) < 4.78 is 40.3. The van der Waals surface area contributed by atoms with E-state index in [1.807, 2.05) is 32.0 Å². The van der Waals surface area contributed by atoms with Crippen molar-refractivity contribution in [1.29, 1.82) is 0 Å². The van der Waals surface area contributed by atoms with Crippen molar-refractivity contribution in [1.82, 2.24) is 0 Å². The van der Waals surface area contributed by atoms with Gasteiger partial charge in [-0.2, -0.15) is 0 Å². The van der Waals surface area contributed by atoms with Crippen LogP contribution in [0.3, 0.4) is 0 Å². The molecule has 0 atom stereocenters. The first-order valence-electron chi connectivity index (χ1n) is 8.51. The van der Waals surface area contributed by atoms with Crippen LogP contribution in [0.1, 0.15) is 21.5 Å². The molecule has 144 valence electrons. The molecule has 0 aromatic heterocycles. The van der Waals surface area contributed by atoms with Gasteiger partial charge in [0, 0.05) is 16.9 Å². The van der Waals surface area contributed by atoms with Gasteiger partial charge in [0.25, 0.3) is 15.9 Å². The molecule has 7 heteroatoms. The molecule has 0 saturated carbocycles. The lowest BCUT2D eigenvalue weighted by Crippen LogP contribution is -2.15. The monoisotopic (exact) mass is 398 g/mol. The Morgan fingerprint density at radius 1 is 0.857 bits per heavy atom. The van der Waals surface area contributed by atoms with Crippen LogP contribution in [0.4, 0.5) is 15.8 Å². The number of hydrogen-bond donors (Lipinski definition) is 2. The molecule has 0 radical (unpaired) electrons. The third-order valence-electron chi connectivity index (χ3n) is 3.98. The van der Waals surface area contributed by atoms with Crippen LogP contribution in [0.5, 0.6) is 0 Å². The van der Waals surface area contributed by atoms with Crippen LogP contribution in [-0.2, 0) is 10.0 Å². The number of hydrogen-bond acceptors (Lipinski definition) is 3. The summed E-state index contributed by atoms with van der Waals surface area (Å²) in [5.41, 5.74) is 3.25. The second kappa shape index (κ2) is 7.82. The quantitative estimate of drug-likeness (QED) is 0.665. The van der Waals surface area contributed by atoms with Gasteiger partial charge in [0.1, 0.15) is 5.82 Å². The number of benzene rings is 3. The van der Waals surface area contributed by atoms with Gasteiger partial charge >= 0.3 is 0 Å². The van der Waals surface area contributed by atoms with Crippen molar-refractivity contribution < 1.29 is 17.6 Å². The molecule has 3 aromatic carbocycles. The van der Waals surface area contributed by atoms with E-state index in [0.717, 1.165) is 23.3 Å². The molecule has 28 heavy (non-hydrogen) atoms. The van der Waals surface area contributed by atoms with E-state index in [2.05, 4.69) is 10.0 Å². The predicted octanol–water partition coefficient (Wildman–Crippen LogP) is 4.50. The highest BCUT2D eigenvalue weighted by molar-refractivity contribution is 7.92. The standard InChI is InChI=1S/C21H19FN2O3S/c1-14-10-15(2)12-19(11-14)23-21(25)16-4-3-5-18(13-16)24-28(26,27)20-8-6-17(22)7-9-20/h3-13,24H,1-2H3,(H,23,25). The van der Waals surface area contributed by atoms with E-state index in [1.165, 1.54) is 24.3 Å². The number of sulfonamides is 1. The maximum absolute atomic E-state index is 13.0. The Hall–Kier alpha value is -3.19. The Bertz CT molecular complexity index is 1110. The summed E-state index contributed by atoms with van der Waals surface area (Å²) in [6.45, 7) is 3.88. The van der Waals surface area contributed by atoms with E-state index in [4.69, 9.17) is 0 Å². The third kappa shape index (κ3) is 4.75. The summed E-state index contributed by atoms with van der Waals surface area (Å²) in [6, 6.07) is 16.4. The van der Waals surface area contributed by atoms with E-state index in [1.54, 1.807) is 12.1 Å². The maximum Gasteiger partial charge on any atom is 0.261 e. The fourth-order valence-corrected chi connectivity index (χ4v) is 3.85. The van der Waals surface area contributed by atoms with Gasteiger partial charge < -0.3 is 5.32 Å². The van der Waals surface area contributed by atoms with Gasteiger partial charge in [-0.1, -0.05) is 12.1 Å². The maximum atomic E-state index is 13.0. The van der Waals surface area contributed by atoms with Crippen LogP contribution >= 0.6 is 0 Å². The predicted molar refractivity (Wildman–Crippen MR) is 108 cm³/mol. The van der Waals surface area contributed by atoms with Crippen LogP contribution in [0.15, 0.2) is 71.6 Å². The highest BCUT2D eigenvalue weighted by Gasteiger charge is 2.15. The average Bonchev–Trinajstić information content (AvgIpc) is 2.61. The minimum Gasteiger partial charge on any atom is -0.322 e. The number of halogens is 1. The van der Waals surface area contributed by atoms with Crippen LogP contribution in [0, 0.1) is 19.7 Å². The molecular formula is C21H19FN2O3S. The normalized spacial score (nSPS) is 11.1. The lowest BCUT2D eigenvalue weighted by Gasteiger charge is -2.11. The van der Waals surface area contributed by atoms with Gasteiger partial charge in [0.05, 0.1) is 4.90 Å². The lowest BCUT2D eigenvalue weighted by molar-refractivity contribution is 0.102. The zero-order valence-electron chi connectivity index (χ0n) is 15.4. The fourth-order valence-electron chi connectivity index (χ4n) is 2.80. The van der Waals surface area contributed by atoms with Crippen molar-refractivity contribution in [3.63, 3.8) is 0 Å². The molecule has 3 aromatic rings. The number of nitrogens with one attached hydrogen (secondary N) is 2. The summed E-state index contributed by atoms with van der Waals surface area (Å²) >= 11 is 0. The molecular weight excluding hydrogens is 379 g/mol. The minimum atomic E-state index is -3.89. The summed E-state index contributed by atoms with van der Waals surface area (Å²) in [5.74, 6) is -0.878. The Morgan fingerprint density at radius 2 is 1.50 bits per heavy atom. The molecule has 0 unspecified atom stereocenters. The molecule has 2 N–H and O–H groups in total. The zero-order chi connectivity index (χ0) is 20.3. The molecule has 0 heterocycles. The Morgan fingerprint density at radius 3 is 2.14 bits per heavy atom. The van der Waals surface area contributed by atoms with Gasteiger partial charge in [-0.3, -0.25) is 9.52 Å². The number of carbonyl (C=O) groups excluding carboxylic acids is 1. The van der Waals surface area contributed by atoms with Crippen molar-refractivity contribution in [3.8, 4) is 0 Å². The topological polar surface area (TPSA) is 75.3 Å². The molecule has 0 bridgehead atoms. The number of rotatable bonds is 5. The van der Waals surface area contributed by atoms with Crippen molar-refractivity contribution in [2.45, 2.75) is 18.7 Å². The third-order valence-corrected chi connectivity index (χ3v) is 5.38. The number of amides is 1. The van der Waals surface area contributed by atoms with Gasteiger partial charge in [-0.05, 0) is 79.6 Å². The van der Waals surface area contributed by atoms with Crippen LogP contribution in [-0.4, -0.2) is 14.3 Å². The van der Waals surface area contributed by atoms with E-state index < -0.39 is 15.8 Å². The van der Waals surface area contributed by atoms with Gasteiger partial charge in [0.2, 0.25) is 0 Å². The minimum absolute atomic E-state index is 0.0704. The van der Waals surface area contributed by atoms with Gasteiger partial charge in [-0.25, -0.2) is 12.8 Å². The molecule has 0 aliphatic heterocycles. The summed E-state index contributed by atoms with van der Waals surface area (Å²) in [6.07, 6.45) is 0. The van der Waals surface area contributed by atoms with Crippen LogP contribution in [0.25, 0.3) is 0 Å². The fraction of sp³-hybridized carbons (Fsp3) is 0.0952. The van der Waals surface area contributed by atoms with Crippen molar-refractivity contribution in [2.75, 3.05) is 10.0 Å². The van der Waals surface area contributed by atoms with Gasteiger partial charge in [0.15, 0.2) is 0 Å². The highest BCUT2D eigenvalue weighted by Crippen LogP contribution is 2.19. The number of anilines is 2. The Kier molecular flexibility index (Phi) is 5.46. The molecule has 0 spiro atoms. The molecule has 0 fully saturated rings. The van der Waals surface area contributed by atoms with Gasteiger partial charge in [-0.15, -0.1) is 0 Å². The van der Waals surface area contributed by atoms with Crippen molar-refractivity contribution in [2.24, 2.45) is 0 Å². The van der Waals surface area contributed by atoms with E-state index in [0.29, 0.717) is 11.3 Å². The van der Waals surface area contributed by atoms with Crippen molar-refractivity contribution >= 4 is 27.3 Å². The molecule has 0 aliphatic rings.